The molecule has 1 aromatic rings. The molecule has 0 radical (unpaired) electrons. The third-order valence-corrected chi connectivity index (χ3v) is 3.10. The molecule has 1 N–H and O–H groups in total. The number of hydrogen-bond acceptors (Lipinski definition) is 2. The molecule has 17 heavy (non-hydrogen) atoms. The van der Waals surface area contributed by atoms with Crippen LogP contribution in [0.15, 0.2) is 55.1 Å². The summed E-state index contributed by atoms with van der Waals surface area (Å²) < 4.78 is 0. The van der Waals surface area contributed by atoms with Gasteiger partial charge in [0.25, 0.3) is 0 Å². The second kappa shape index (κ2) is 5.60. The summed E-state index contributed by atoms with van der Waals surface area (Å²) in [5.74, 6) is -0.00394. The summed E-state index contributed by atoms with van der Waals surface area (Å²) in [5, 5.41) is 3.34. The van der Waals surface area contributed by atoms with Crippen molar-refractivity contribution >= 4 is 5.78 Å². The van der Waals surface area contributed by atoms with Crippen molar-refractivity contribution in [1.29, 1.82) is 0 Å². The van der Waals surface area contributed by atoms with Gasteiger partial charge in [-0.3, -0.25) is 4.79 Å². The second-order valence-corrected chi connectivity index (χ2v) is 4.21. The van der Waals surface area contributed by atoms with Crippen LogP contribution in [0.2, 0.25) is 0 Å². The molecule has 2 unspecified atom stereocenters. The van der Waals surface area contributed by atoms with Gasteiger partial charge in [0.15, 0.2) is 5.78 Å². The number of hydrogen-bond donors (Lipinski definition) is 1. The molecule has 0 spiro atoms. The molecule has 2 nitrogen and oxygen atoms in total. The third kappa shape index (κ3) is 2.71. The molecule has 88 valence electrons. The van der Waals surface area contributed by atoms with Crippen molar-refractivity contribution in [3.05, 3.63) is 60.7 Å². The minimum absolute atomic E-state index is 0.147. The second-order valence-electron chi connectivity index (χ2n) is 4.21. The van der Waals surface area contributed by atoms with Crippen molar-refractivity contribution in [2.45, 2.75) is 12.5 Å². The first-order chi connectivity index (χ1) is 8.33. The van der Waals surface area contributed by atoms with Gasteiger partial charge in [-0.25, -0.2) is 0 Å². The van der Waals surface area contributed by atoms with Crippen LogP contribution in [0.25, 0.3) is 0 Å². The minimum Gasteiger partial charge on any atom is -0.309 e. The van der Waals surface area contributed by atoms with E-state index in [1.54, 1.807) is 6.08 Å². The summed E-state index contributed by atoms with van der Waals surface area (Å²) in [4.78, 5) is 12.3. The molecule has 0 saturated carbocycles. The summed E-state index contributed by atoms with van der Waals surface area (Å²) in [6, 6.07) is 9.59. The average molecular weight is 227 g/mol. The summed E-state index contributed by atoms with van der Waals surface area (Å²) >= 11 is 0. The van der Waals surface area contributed by atoms with E-state index in [1.807, 2.05) is 30.3 Å². The van der Waals surface area contributed by atoms with Crippen molar-refractivity contribution < 1.29 is 4.79 Å². The maximum absolute atomic E-state index is 12.3. The Morgan fingerprint density at radius 1 is 1.35 bits per heavy atom. The molecular weight excluding hydrogens is 210 g/mol. The van der Waals surface area contributed by atoms with Gasteiger partial charge >= 0.3 is 0 Å². The number of carbonyl (C=O) groups excluding carboxylic acids is 1. The summed E-state index contributed by atoms with van der Waals surface area (Å²) in [7, 11) is 0. The van der Waals surface area contributed by atoms with E-state index in [2.05, 4.69) is 24.0 Å². The van der Waals surface area contributed by atoms with E-state index in [1.165, 1.54) is 0 Å². The fourth-order valence-corrected chi connectivity index (χ4v) is 2.15. The Kier molecular flexibility index (Phi) is 3.89. The lowest BCUT2D eigenvalue weighted by Crippen LogP contribution is -2.40. The predicted octanol–water partition coefficient (Wildman–Crippen LogP) is 2.59. The van der Waals surface area contributed by atoms with Gasteiger partial charge in [-0.05, 0) is 6.42 Å². The molecule has 2 rings (SSSR count). The topological polar surface area (TPSA) is 29.1 Å². The van der Waals surface area contributed by atoms with E-state index in [0.29, 0.717) is 0 Å². The molecule has 0 bridgehead atoms. The highest BCUT2D eigenvalue weighted by Crippen LogP contribution is 2.18. The molecule has 0 fully saturated rings. The van der Waals surface area contributed by atoms with Crippen LogP contribution in [0.4, 0.5) is 0 Å². The fraction of sp³-hybridized carbons (Fsp3) is 0.267. The Morgan fingerprint density at radius 3 is 2.71 bits per heavy atom. The first-order valence-corrected chi connectivity index (χ1v) is 5.93. The van der Waals surface area contributed by atoms with Gasteiger partial charge in [0.1, 0.15) is 0 Å². The van der Waals surface area contributed by atoms with Gasteiger partial charge < -0.3 is 5.32 Å². The predicted molar refractivity (Wildman–Crippen MR) is 70.0 cm³/mol. The third-order valence-electron chi connectivity index (χ3n) is 3.10. The lowest BCUT2D eigenvalue weighted by Gasteiger charge is -2.25. The Labute approximate surface area is 102 Å². The molecule has 2 atom stereocenters. The van der Waals surface area contributed by atoms with E-state index in [0.717, 1.165) is 18.5 Å². The monoisotopic (exact) mass is 227 g/mol. The number of carbonyl (C=O) groups is 1. The van der Waals surface area contributed by atoms with E-state index in [9.17, 15) is 4.79 Å². The number of ketones is 1. The van der Waals surface area contributed by atoms with Crippen LogP contribution in [-0.2, 0) is 0 Å². The molecule has 1 heterocycles. The van der Waals surface area contributed by atoms with Crippen molar-refractivity contribution in [2.75, 3.05) is 6.54 Å². The van der Waals surface area contributed by atoms with Gasteiger partial charge in [-0.15, -0.1) is 6.58 Å². The summed E-state index contributed by atoms with van der Waals surface area (Å²) in [6.45, 7) is 4.63. The minimum atomic E-state index is -0.151. The normalized spacial score (nSPS) is 20.8. The smallest absolute Gasteiger partial charge is 0.171 e. The van der Waals surface area contributed by atoms with Crippen LogP contribution in [0.5, 0.6) is 0 Å². The van der Waals surface area contributed by atoms with Crippen LogP contribution in [0.1, 0.15) is 16.8 Å². The largest absolute Gasteiger partial charge is 0.309 e. The Hall–Kier alpha value is -1.67. The number of nitrogens with one attached hydrogen (secondary N) is 1. The SMILES string of the molecule is C=CC(C(=O)c1ccccc1)C1CC=CCN1. The Morgan fingerprint density at radius 2 is 2.12 bits per heavy atom. The molecule has 1 aliphatic rings. The molecular formula is C15H17NO. The van der Waals surface area contributed by atoms with Crippen LogP contribution >= 0.6 is 0 Å². The molecule has 0 aliphatic carbocycles. The zero-order valence-corrected chi connectivity index (χ0v) is 9.80. The van der Waals surface area contributed by atoms with Crippen LogP contribution in [0.3, 0.4) is 0 Å². The van der Waals surface area contributed by atoms with Crippen LogP contribution < -0.4 is 5.32 Å². The van der Waals surface area contributed by atoms with Crippen LogP contribution in [0, 0.1) is 5.92 Å². The van der Waals surface area contributed by atoms with E-state index < -0.39 is 0 Å². The highest BCUT2D eigenvalue weighted by molar-refractivity contribution is 5.99. The number of Topliss-reactive ketones (excluding diaryl/α,β-unsaturated/α-hetero) is 1. The summed E-state index contributed by atoms with van der Waals surface area (Å²) in [5.41, 5.74) is 0.758. The molecule has 0 amide bonds. The van der Waals surface area contributed by atoms with Crippen LogP contribution in [-0.4, -0.2) is 18.4 Å². The van der Waals surface area contributed by atoms with E-state index in [-0.39, 0.29) is 17.7 Å². The lowest BCUT2D eigenvalue weighted by molar-refractivity contribution is 0.0922. The van der Waals surface area contributed by atoms with E-state index >= 15 is 0 Å². The maximum Gasteiger partial charge on any atom is 0.171 e. The van der Waals surface area contributed by atoms with Crippen molar-refractivity contribution in [2.24, 2.45) is 5.92 Å². The van der Waals surface area contributed by atoms with Gasteiger partial charge in [0, 0.05) is 18.2 Å². The van der Waals surface area contributed by atoms with Crippen molar-refractivity contribution in [3.8, 4) is 0 Å². The van der Waals surface area contributed by atoms with Crippen molar-refractivity contribution in [3.63, 3.8) is 0 Å². The zero-order chi connectivity index (χ0) is 12.1. The van der Waals surface area contributed by atoms with E-state index in [4.69, 9.17) is 0 Å². The summed E-state index contributed by atoms with van der Waals surface area (Å²) in [6.07, 6.45) is 6.85. The lowest BCUT2D eigenvalue weighted by atomic mass is 9.88. The number of benzene rings is 1. The Balaban J connectivity index is 2.16. The molecule has 2 heteroatoms. The van der Waals surface area contributed by atoms with Crippen molar-refractivity contribution in [1.82, 2.24) is 5.32 Å². The molecule has 0 saturated heterocycles. The van der Waals surface area contributed by atoms with Gasteiger partial charge in [-0.2, -0.15) is 0 Å². The van der Waals surface area contributed by atoms with Gasteiger partial charge in [0.2, 0.25) is 0 Å². The highest BCUT2D eigenvalue weighted by Gasteiger charge is 2.25. The fourth-order valence-electron chi connectivity index (χ4n) is 2.15. The molecule has 1 aromatic carbocycles. The Bertz CT molecular complexity index is 422. The first kappa shape index (κ1) is 11.8. The van der Waals surface area contributed by atoms with Gasteiger partial charge in [-0.1, -0.05) is 48.6 Å². The quantitative estimate of drug-likeness (QED) is 0.632. The number of rotatable bonds is 4. The van der Waals surface area contributed by atoms with Gasteiger partial charge in [0.05, 0.1) is 5.92 Å². The average Bonchev–Trinajstić information content (AvgIpc) is 2.42. The molecule has 1 aliphatic heterocycles. The molecule has 0 aromatic heterocycles. The first-order valence-electron chi connectivity index (χ1n) is 5.93. The maximum atomic E-state index is 12.3. The highest BCUT2D eigenvalue weighted by atomic mass is 16.1. The standard InChI is InChI=1S/C15H17NO/c1-2-13(14-10-6-7-11-16-14)15(17)12-8-4-3-5-9-12/h2-9,13-14,16H,1,10-11H2. The zero-order valence-electron chi connectivity index (χ0n) is 9.80.